The molecule has 0 aliphatic heterocycles. The summed E-state index contributed by atoms with van der Waals surface area (Å²) in [6, 6.07) is 14.6. The molecule has 3 nitrogen and oxygen atoms in total. The van der Waals surface area contributed by atoms with Gasteiger partial charge < -0.3 is 4.74 Å². The third-order valence-corrected chi connectivity index (χ3v) is 4.65. The summed E-state index contributed by atoms with van der Waals surface area (Å²) in [6.45, 7) is 0.159. The number of aromatic nitrogens is 1. The summed E-state index contributed by atoms with van der Waals surface area (Å²) in [5.41, 5.74) is 1.72. The van der Waals surface area contributed by atoms with Gasteiger partial charge in [-0.05, 0) is 30.5 Å². The Morgan fingerprint density at radius 3 is 2.39 bits per heavy atom. The lowest BCUT2D eigenvalue weighted by molar-refractivity contribution is -0.145. The Morgan fingerprint density at radius 1 is 1.04 bits per heavy atom. The maximum absolute atomic E-state index is 12.9. The van der Waals surface area contributed by atoms with Gasteiger partial charge in [0.1, 0.15) is 6.61 Å². The zero-order valence-corrected chi connectivity index (χ0v) is 15.2. The molecule has 6 heteroatoms. The SMILES string of the molecule is O=C(C[C@@H](C1=CC=C(C(F)(F)F)CC1)c1ccccn1)OCc1ccccc1. The van der Waals surface area contributed by atoms with Gasteiger partial charge in [-0.1, -0.05) is 54.1 Å². The molecule has 1 aliphatic rings. The molecule has 0 radical (unpaired) electrons. The van der Waals surface area contributed by atoms with Crippen molar-refractivity contribution in [2.75, 3.05) is 0 Å². The summed E-state index contributed by atoms with van der Waals surface area (Å²) in [5, 5.41) is 0. The average Bonchev–Trinajstić information content (AvgIpc) is 2.71. The van der Waals surface area contributed by atoms with Gasteiger partial charge in [-0.15, -0.1) is 0 Å². The van der Waals surface area contributed by atoms with E-state index in [1.165, 1.54) is 6.08 Å². The molecule has 28 heavy (non-hydrogen) atoms. The Bertz CT molecular complexity index is 858. The minimum atomic E-state index is -4.32. The molecule has 0 amide bonds. The summed E-state index contributed by atoms with van der Waals surface area (Å²) >= 11 is 0. The summed E-state index contributed by atoms with van der Waals surface area (Å²) in [7, 11) is 0. The molecule has 3 rings (SSSR count). The summed E-state index contributed by atoms with van der Waals surface area (Å²) in [5.74, 6) is -0.818. The number of carbonyl (C=O) groups excluding carboxylic acids is 1. The zero-order valence-electron chi connectivity index (χ0n) is 15.2. The van der Waals surface area contributed by atoms with Crippen LogP contribution in [0.1, 0.15) is 36.4 Å². The summed E-state index contributed by atoms with van der Waals surface area (Å²) in [4.78, 5) is 16.7. The fourth-order valence-electron chi connectivity index (χ4n) is 3.15. The van der Waals surface area contributed by atoms with Crippen LogP contribution < -0.4 is 0 Å². The number of benzene rings is 1. The van der Waals surface area contributed by atoms with Gasteiger partial charge in [0.25, 0.3) is 0 Å². The van der Waals surface area contributed by atoms with Gasteiger partial charge >= 0.3 is 12.1 Å². The van der Waals surface area contributed by atoms with Gasteiger partial charge in [0.2, 0.25) is 0 Å². The van der Waals surface area contributed by atoms with Crippen molar-refractivity contribution in [3.8, 4) is 0 Å². The molecule has 1 aromatic heterocycles. The Labute approximate surface area is 161 Å². The van der Waals surface area contributed by atoms with Gasteiger partial charge in [0.05, 0.1) is 6.42 Å². The van der Waals surface area contributed by atoms with E-state index in [0.717, 1.165) is 17.2 Å². The van der Waals surface area contributed by atoms with Gasteiger partial charge in [-0.3, -0.25) is 9.78 Å². The summed E-state index contributed by atoms with van der Waals surface area (Å²) in [6.07, 6.45) is 0.0243. The quantitative estimate of drug-likeness (QED) is 0.614. The number of pyridine rings is 1. The molecule has 1 heterocycles. The predicted octanol–water partition coefficient (Wildman–Crippen LogP) is 5.51. The number of halogens is 3. The van der Waals surface area contributed by atoms with Crippen molar-refractivity contribution in [3.05, 3.63) is 89.3 Å². The fraction of sp³-hybridized carbons (Fsp3) is 0.273. The number of esters is 1. The molecule has 0 spiro atoms. The Morgan fingerprint density at radius 2 is 1.79 bits per heavy atom. The first kappa shape index (κ1) is 19.9. The van der Waals surface area contributed by atoms with Gasteiger partial charge in [0.15, 0.2) is 0 Å². The number of carbonyl (C=O) groups is 1. The van der Waals surface area contributed by atoms with E-state index in [2.05, 4.69) is 4.98 Å². The number of hydrogen-bond donors (Lipinski definition) is 0. The van der Waals surface area contributed by atoms with E-state index in [0.29, 0.717) is 5.69 Å². The van der Waals surface area contributed by atoms with Crippen LogP contribution >= 0.6 is 0 Å². The van der Waals surface area contributed by atoms with E-state index < -0.39 is 23.6 Å². The second-order valence-electron chi connectivity index (χ2n) is 6.59. The van der Waals surface area contributed by atoms with Crippen LogP contribution in [0, 0.1) is 0 Å². The second kappa shape index (κ2) is 8.87. The highest BCUT2D eigenvalue weighted by molar-refractivity contribution is 5.71. The molecule has 1 aromatic carbocycles. The largest absolute Gasteiger partial charge is 0.461 e. The van der Waals surface area contributed by atoms with E-state index in [1.54, 1.807) is 24.4 Å². The Hall–Kier alpha value is -2.89. The number of hydrogen-bond acceptors (Lipinski definition) is 3. The van der Waals surface area contributed by atoms with Crippen LogP contribution in [0.5, 0.6) is 0 Å². The number of allylic oxidation sites excluding steroid dienone is 4. The second-order valence-corrected chi connectivity index (χ2v) is 6.59. The van der Waals surface area contributed by atoms with E-state index >= 15 is 0 Å². The minimum Gasteiger partial charge on any atom is -0.461 e. The predicted molar refractivity (Wildman–Crippen MR) is 99.3 cm³/mol. The molecule has 0 saturated carbocycles. The topological polar surface area (TPSA) is 39.2 Å². The smallest absolute Gasteiger partial charge is 0.412 e. The molecular weight excluding hydrogens is 367 g/mol. The molecule has 1 aliphatic carbocycles. The lowest BCUT2D eigenvalue weighted by Crippen LogP contribution is -2.17. The summed E-state index contributed by atoms with van der Waals surface area (Å²) < 4.78 is 44.0. The normalized spacial score (nSPS) is 15.4. The molecule has 0 fully saturated rings. The number of nitrogens with zero attached hydrogens (tertiary/aromatic N) is 1. The van der Waals surface area contributed by atoms with Crippen molar-refractivity contribution in [1.29, 1.82) is 0 Å². The van der Waals surface area contributed by atoms with Crippen molar-refractivity contribution in [1.82, 2.24) is 4.98 Å². The number of rotatable bonds is 6. The first-order valence-electron chi connectivity index (χ1n) is 9.01. The molecule has 0 saturated heterocycles. The van der Waals surface area contributed by atoms with Crippen molar-refractivity contribution in [2.24, 2.45) is 0 Å². The number of ether oxygens (including phenoxy) is 1. The Balaban J connectivity index is 1.74. The lowest BCUT2D eigenvalue weighted by atomic mass is 9.84. The third-order valence-electron chi connectivity index (χ3n) is 4.65. The van der Waals surface area contributed by atoms with Crippen LogP contribution in [-0.2, 0) is 16.1 Å². The van der Waals surface area contributed by atoms with E-state index in [1.807, 2.05) is 30.3 Å². The third kappa shape index (κ3) is 5.31. The molecule has 0 bridgehead atoms. The van der Waals surface area contributed by atoms with E-state index in [9.17, 15) is 18.0 Å². The monoisotopic (exact) mass is 387 g/mol. The molecule has 1 atom stereocenters. The standard InChI is InChI=1S/C22H20F3NO2/c23-22(24,25)18-11-9-17(10-12-18)19(20-8-4-5-13-26-20)14-21(27)28-15-16-6-2-1-3-7-16/h1-9,11,13,19H,10,12,14-15H2/t19-/m0/s1. The average molecular weight is 387 g/mol. The minimum absolute atomic E-state index is 0.0326. The van der Waals surface area contributed by atoms with Crippen LogP contribution in [0.4, 0.5) is 13.2 Å². The van der Waals surface area contributed by atoms with Crippen molar-refractivity contribution < 1.29 is 22.7 Å². The van der Waals surface area contributed by atoms with E-state index in [-0.39, 0.29) is 25.9 Å². The van der Waals surface area contributed by atoms with Crippen LogP contribution in [0.2, 0.25) is 0 Å². The van der Waals surface area contributed by atoms with Crippen molar-refractivity contribution in [2.45, 2.75) is 38.0 Å². The molecule has 2 aromatic rings. The van der Waals surface area contributed by atoms with Gasteiger partial charge in [0, 0.05) is 23.4 Å². The first-order chi connectivity index (χ1) is 13.4. The van der Waals surface area contributed by atoms with Crippen LogP contribution in [0.25, 0.3) is 0 Å². The molecule has 0 N–H and O–H groups in total. The highest BCUT2D eigenvalue weighted by Crippen LogP contribution is 2.38. The van der Waals surface area contributed by atoms with E-state index in [4.69, 9.17) is 4.74 Å². The highest BCUT2D eigenvalue weighted by atomic mass is 19.4. The molecular formula is C22H20F3NO2. The van der Waals surface area contributed by atoms with Gasteiger partial charge in [-0.2, -0.15) is 13.2 Å². The Kier molecular flexibility index (Phi) is 6.29. The first-order valence-corrected chi connectivity index (χ1v) is 9.01. The van der Waals surface area contributed by atoms with Crippen molar-refractivity contribution >= 4 is 5.97 Å². The maximum atomic E-state index is 12.9. The lowest BCUT2D eigenvalue weighted by Gasteiger charge is -2.23. The molecule has 0 unspecified atom stereocenters. The molecule has 146 valence electrons. The number of alkyl halides is 3. The van der Waals surface area contributed by atoms with Crippen LogP contribution in [0.15, 0.2) is 78.0 Å². The zero-order chi connectivity index (χ0) is 20.0. The maximum Gasteiger partial charge on any atom is 0.412 e. The van der Waals surface area contributed by atoms with Gasteiger partial charge in [-0.25, -0.2) is 0 Å². The van der Waals surface area contributed by atoms with Crippen molar-refractivity contribution in [3.63, 3.8) is 0 Å². The van der Waals surface area contributed by atoms with Crippen LogP contribution in [0.3, 0.4) is 0 Å². The fourth-order valence-corrected chi connectivity index (χ4v) is 3.15. The highest BCUT2D eigenvalue weighted by Gasteiger charge is 2.35. The van der Waals surface area contributed by atoms with Crippen LogP contribution in [-0.4, -0.2) is 17.1 Å².